The number of hydrogen-bond acceptors (Lipinski definition) is 5. The maximum Gasteiger partial charge on any atom is 0.306 e. The van der Waals surface area contributed by atoms with E-state index >= 15 is 0 Å². The van der Waals surface area contributed by atoms with Crippen molar-refractivity contribution in [3.05, 3.63) is 41.2 Å². The molecule has 0 fully saturated rings. The molecule has 1 amide bonds. The van der Waals surface area contributed by atoms with Gasteiger partial charge in [0.25, 0.3) is 5.91 Å². The van der Waals surface area contributed by atoms with E-state index in [2.05, 4.69) is 10.1 Å². The highest BCUT2D eigenvalue weighted by Crippen LogP contribution is 2.23. The van der Waals surface area contributed by atoms with E-state index in [0.717, 1.165) is 33.5 Å². The molecule has 2 heterocycles. The molecule has 3 rings (SSSR count). The third-order valence-electron chi connectivity index (χ3n) is 4.31. The topological polar surface area (TPSA) is 99.6 Å². The normalized spacial score (nSPS) is 12.4. The second-order valence-corrected chi connectivity index (χ2v) is 6.05. The number of carbonyl (C=O) groups excluding carboxylic acids is 2. The van der Waals surface area contributed by atoms with Crippen molar-refractivity contribution >= 4 is 28.4 Å². The average Bonchev–Trinajstić information content (AvgIpc) is 2.93. The van der Waals surface area contributed by atoms with Crippen LogP contribution in [-0.4, -0.2) is 32.6 Å². The molecule has 1 aromatic carbocycles. The van der Waals surface area contributed by atoms with Crippen molar-refractivity contribution in [3.63, 3.8) is 0 Å². The Bertz CT molecular complexity index is 977. The van der Waals surface area contributed by atoms with E-state index in [1.165, 1.54) is 6.92 Å². The molecule has 0 saturated carbocycles. The van der Waals surface area contributed by atoms with E-state index in [0.29, 0.717) is 6.42 Å². The second-order valence-electron chi connectivity index (χ2n) is 6.05. The van der Waals surface area contributed by atoms with Gasteiger partial charge in [0.15, 0.2) is 11.8 Å². The molecule has 0 aliphatic carbocycles. The average molecular weight is 340 g/mol. The third-order valence-corrected chi connectivity index (χ3v) is 4.31. The van der Waals surface area contributed by atoms with Gasteiger partial charge >= 0.3 is 5.97 Å². The highest BCUT2D eigenvalue weighted by molar-refractivity contribution is 5.92. The Morgan fingerprint density at radius 2 is 2.00 bits per heavy atom. The van der Waals surface area contributed by atoms with E-state index in [9.17, 15) is 9.59 Å². The van der Waals surface area contributed by atoms with Crippen LogP contribution in [0, 0.1) is 13.8 Å². The number of nitrogens with zero attached hydrogens (tertiary/aromatic N) is 3. The standard InChI is InChI=1S/C18H20N4O3/c1-10-13(8-9-16(23)25-12(3)17(19)24)11(2)22-18(20-10)14-6-4-5-7-15(14)21-22/h4-7,12H,8-9H2,1-3H3,(H2,19,24). The first-order valence-corrected chi connectivity index (χ1v) is 8.11. The lowest BCUT2D eigenvalue weighted by atomic mass is 10.1. The van der Waals surface area contributed by atoms with Crippen molar-refractivity contribution in [2.24, 2.45) is 5.73 Å². The predicted molar refractivity (Wildman–Crippen MR) is 93.0 cm³/mol. The van der Waals surface area contributed by atoms with Crippen LogP contribution in [0.15, 0.2) is 24.3 Å². The largest absolute Gasteiger partial charge is 0.453 e. The van der Waals surface area contributed by atoms with Crippen molar-refractivity contribution in [1.29, 1.82) is 0 Å². The summed E-state index contributed by atoms with van der Waals surface area (Å²) in [4.78, 5) is 27.5. The first-order chi connectivity index (χ1) is 11.9. The number of primary amides is 1. The van der Waals surface area contributed by atoms with E-state index in [1.807, 2.05) is 42.6 Å². The number of aryl methyl sites for hydroxylation is 2. The van der Waals surface area contributed by atoms with Gasteiger partial charge in [-0.05, 0) is 44.9 Å². The SMILES string of the molecule is Cc1nc2c3ccccc3nn2c(C)c1CCC(=O)OC(C)C(N)=O. The Labute approximate surface area is 144 Å². The zero-order valence-electron chi connectivity index (χ0n) is 14.4. The second kappa shape index (κ2) is 6.51. The van der Waals surface area contributed by atoms with Gasteiger partial charge in [0.2, 0.25) is 0 Å². The minimum Gasteiger partial charge on any atom is -0.453 e. The van der Waals surface area contributed by atoms with Crippen molar-refractivity contribution in [2.75, 3.05) is 0 Å². The Morgan fingerprint density at radius 3 is 2.72 bits per heavy atom. The van der Waals surface area contributed by atoms with E-state index in [-0.39, 0.29) is 6.42 Å². The molecule has 0 spiro atoms. The van der Waals surface area contributed by atoms with E-state index < -0.39 is 18.0 Å². The lowest BCUT2D eigenvalue weighted by Gasteiger charge is -2.12. The van der Waals surface area contributed by atoms with Crippen LogP contribution in [0.1, 0.15) is 30.3 Å². The molecule has 2 aromatic heterocycles. The van der Waals surface area contributed by atoms with Gasteiger partial charge in [-0.15, -0.1) is 0 Å². The Hall–Kier alpha value is -2.96. The molecule has 130 valence electrons. The Balaban J connectivity index is 1.88. The number of ether oxygens (including phenoxy) is 1. The molecular formula is C18H20N4O3. The van der Waals surface area contributed by atoms with Crippen LogP contribution >= 0.6 is 0 Å². The molecule has 0 radical (unpaired) electrons. The Morgan fingerprint density at radius 1 is 1.28 bits per heavy atom. The highest BCUT2D eigenvalue weighted by Gasteiger charge is 2.17. The van der Waals surface area contributed by atoms with Gasteiger partial charge in [-0.3, -0.25) is 9.59 Å². The van der Waals surface area contributed by atoms with Crippen LogP contribution in [0.25, 0.3) is 16.6 Å². The fraction of sp³-hybridized carbons (Fsp3) is 0.333. The fourth-order valence-corrected chi connectivity index (χ4v) is 2.88. The predicted octanol–water partition coefficient (Wildman–Crippen LogP) is 1.85. The zero-order chi connectivity index (χ0) is 18.1. The minimum atomic E-state index is -0.924. The van der Waals surface area contributed by atoms with Gasteiger partial charge in [0.1, 0.15) is 0 Å². The summed E-state index contributed by atoms with van der Waals surface area (Å²) in [7, 11) is 0. The van der Waals surface area contributed by atoms with Crippen molar-refractivity contribution in [3.8, 4) is 0 Å². The van der Waals surface area contributed by atoms with Crippen LogP contribution in [-0.2, 0) is 20.7 Å². The van der Waals surface area contributed by atoms with Crippen LogP contribution in [0.2, 0.25) is 0 Å². The number of esters is 1. The van der Waals surface area contributed by atoms with Gasteiger partial charge in [-0.1, -0.05) is 12.1 Å². The number of amides is 1. The highest BCUT2D eigenvalue weighted by atomic mass is 16.5. The van der Waals surface area contributed by atoms with E-state index in [4.69, 9.17) is 10.5 Å². The van der Waals surface area contributed by atoms with Crippen LogP contribution < -0.4 is 5.73 Å². The number of benzene rings is 1. The zero-order valence-corrected chi connectivity index (χ0v) is 14.4. The van der Waals surface area contributed by atoms with Crippen molar-refractivity contribution < 1.29 is 14.3 Å². The summed E-state index contributed by atoms with van der Waals surface area (Å²) < 4.78 is 6.80. The quantitative estimate of drug-likeness (QED) is 0.715. The molecule has 1 unspecified atom stereocenters. The van der Waals surface area contributed by atoms with Gasteiger partial charge in [0, 0.05) is 23.2 Å². The summed E-state index contributed by atoms with van der Waals surface area (Å²) in [5, 5.41) is 5.59. The molecule has 0 saturated heterocycles. The number of aromatic nitrogens is 3. The van der Waals surface area contributed by atoms with Gasteiger partial charge in [-0.25, -0.2) is 9.50 Å². The summed E-state index contributed by atoms with van der Waals surface area (Å²) in [5.41, 5.74) is 9.53. The molecule has 7 nitrogen and oxygen atoms in total. The minimum absolute atomic E-state index is 0.146. The van der Waals surface area contributed by atoms with E-state index in [1.54, 1.807) is 0 Å². The summed E-state index contributed by atoms with van der Waals surface area (Å²) in [6.07, 6.45) is -0.319. The summed E-state index contributed by atoms with van der Waals surface area (Å²) in [6.45, 7) is 5.33. The van der Waals surface area contributed by atoms with Gasteiger partial charge in [0.05, 0.1) is 5.52 Å². The van der Waals surface area contributed by atoms with Crippen LogP contribution in [0.4, 0.5) is 0 Å². The molecule has 1 atom stereocenters. The number of nitrogens with two attached hydrogens (primary N) is 1. The molecule has 7 heteroatoms. The molecular weight excluding hydrogens is 320 g/mol. The maximum atomic E-state index is 11.9. The number of carbonyl (C=O) groups is 2. The summed E-state index contributed by atoms with van der Waals surface area (Å²) >= 11 is 0. The van der Waals surface area contributed by atoms with Gasteiger partial charge < -0.3 is 10.5 Å². The molecule has 0 aliphatic heterocycles. The molecule has 3 aromatic rings. The first kappa shape index (κ1) is 16.9. The first-order valence-electron chi connectivity index (χ1n) is 8.11. The fourth-order valence-electron chi connectivity index (χ4n) is 2.88. The molecule has 25 heavy (non-hydrogen) atoms. The monoisotopic (exact) mass is 340 g/mol. The molecule has 0 bridgehead atoms. The maximum absolute atomic E-state index is 11.9. The van der Waals surface area contributed by atoms with Gasteiger partial charge in [-0.2, -0.15) is 5.10 Å². The smallest absolute Gasteiger partial charge is 0.306 e. The lowest BCUT2D eigenvalue weighted by molar-refractivity contribution is -0.153. The molecule has 2 N–H and O–H groups in total. The number of fused-ring (bicyclic) bond motifs is 3. The lowest BCUT2D eigenvalue weighted by Crippen LogP contribution is -2.30. The summed E-state index contributed by atoms with van der Waals surface area (Å²) in [5.74, 6) is -1.12. The number of hydrogen-bond donors (Lipinski definition) is 1. The van der Waals surface area contributed by atoms with Crippen LogP contribution in [0.5, 0.6) is 0 Å². The molecule has 0 aliphatic rings. The van der Waals surface area contributed by atoms with Crippen molar-refractivity contribution in [1.82, 2.24) is 14.6 Å². The summed E-state index contributed by atoms with van der Waals surface area (Å²) in [6, 6.07) is 7.83. The third kappa shape index (κ3) is 3.17. The Kier molecular flexibility index (Phi) is 4.39. The van der Waals surface area contributed by atoms with Crippen LogP contribution in [0.3, 0.4) is 0 Å². The number of rotatable bonds is 5. The van der Waals surface area contributed by atoms with Crippen molar-refractivity contribution in [2.45, 2.75) is 39.7 Å².